The third-order valence-corrected chi connectivity index (χ3v) is 3.77. The zero-order chi connectivity index (χ0) is 13.4. The van der Waals surface area contributed by atoms with E-state index in [1.165, 1.54) is 12.8 Å². The first-order chi connectivity index (χ1) is 9.15. The smallest absolute Gasteiger partial charge is 0.158 e. The lowest BCUT2D eigenvalue weighted by Crippen LogP contribution is -2.19. The van der Waals surface area contributed by atoms with Crippen molar-refractivity contribution in [2.24, 2.45) is 7.05 Å². The van der Waals surface area contributed by atoms with Crippen molar-refractivity contribution in [3.05, 3.63) is 30.0 Å². The van der Waals surface area contributed by atoms with E-state index in [2.05, 4.69) is 33.0 Å². The molecule has 2 aromatic heterocycles. The van der Waals surface area contributed by atoms with Crippen LogP contribution in [0.1, 0.15) is 30.4 Å². The summed E-state index contributed by atoms with van der Waals surface area (Å²) < 4.78 is 1.99. The van der Waals surface area contributed by atoms with Gasteiger partial charge in [-0.15, -0.1) is 0 Å². The largest absolute Gasteiger partial charge is 0.333 e. The van der Waals surface area contributed by atoms with Crippen molar-refractivity contribution < 1.29 is 0 Å². The van der Waals surface area contributed by atoms with Gasteiger partial charge in [-0.25, -0.2) is 15.0 Å². The number of nitrogens with zero attached hydrogens (tertiary/aromatic N) is 5. The van der Waals surface area contributed by atoms with Gasteiger partial charge in [-0.1, -0.05) is 0 Å². The molecular formula is C14H19N5. The fourth-order valence-electron chi connectivity index (χ4n) is 2.77. The first-order valence-electron chi connectivity index (χ1n) is 6.68. The highest BCUT2D eigenvalue weighted by Gasteiger charge is 2.25. The number of aromatic nitrogens is 4. The zero-order valence-corrected chi connectivity index (χ0v) is 11.7. The van der Waals surface area contributed by atoms with E-state index >= 15 is 0 Å². The molecule has 0 amide bonds. The topological polar surface area (TPSA) is 46.8 Å². The molecule has 100 valence electrons. The molecule has 1 saturated heterocycles. The predicted octanol–water partition coefficient (Wildman–Crippen LogP) is 1.95. The van der Waals surface area contributed by atoms with Crippen LogP contribution in [-0.2, 0) is 7.05 Å². The minimum Gasteiger partial charge on any atom is -0.333 e. The predicted molar refractivity (Wildman–Crippen MR) is 73.6 cm³/mol. The van der Waals surface area contributed by atoms with Crippen LogP contribution in [0.15, 0.2) is 18.5 Å². The molecule has 1 fully saturated rings. The molecule has 0 spiro atoms. The molecule has 1 unspecified atom stereocenters. The minimum atomic E-state index is 0.417. The summed E-state index contributed by atoms with van der Waals surface area (Å²) in [5, 5.41) is 0. The van der Waals surface area contributed by atoms with E-state index in [1.807, 2.05) is 24.7 Å². The Morgan fingerprint density at radius 3 is 2.74 bits per heavy atom. The van der Waals surface area contributed by atoms with Crippen molar-refractivity contribution in [1.29, 1.82) is 0 Å². The van der Waals surface area contributed by atoms with E-state index in [9.17, 15) is 0 Å². The Hall–Kier alpha value is -1.75. The van der Waals surface area contributed by atoms with Gasteiger partial charge < -0.3 is 4.57 Å². The molecule has 0 bridgehead atoms. The lowest BCUT2D eigenvalue weighted by Gasteiger charge is -2.19. The van der Waals surface area contributed by atoms with Crippen molar-refractivity contribution in [1.82, 2.24) is 24.4 Å². The van der Waals surface area contributed by atoms with Crippen LogP contribution in [-0.4, -0.2) is 38.0 Å². The highest BCUT2D eigenvalue weighted by atomic mass is 15.2. The maximum atomic E-state index is 4.62. The highest BCUT2D eigenvalue weighted by molar-refractivity contribution is 5.50. The molecule has 1 aliphatic rings. The molecule has 0 radical (unpaired) electrons. The van der Waals surface area contributed by atoms with Crippen LogP contribution in [0.3, 0.4) is 0 Å². The molecule has 0 aromatic carbocycles. The van der Waals surface area contributed by atoms with E-state index in [1.54, 1.807) is 6.20 Å². The number of aryl methyl sites for hydroxylation is 2. The molecule has 0 saturated carbocycles. The van der Waals surface area contributed by atoms with E-state index in [0.717, 1.165) is 29.6 Å². The van der Waals surface area contributed by atoms with Gasteiger partial charge in [0, 0.05) is 19.4 Å². The van der Waals surface area contributed by atoms with Crippen molar-refractivity contribution in [2.45, 2.75) is 25.8 Å². The average Bonchev–Trinajstić information content (AvgIpc) is 2.97. The number of hydrogen-bond donors (Lipinski definition) is 0. The van der Waals surface area contributed by atoms with Crippen LogP contribution >= 0.6 is 0 Å². The summed E-state index contributed by atoms with van der Waals surface area (Å²) in [4.78, 5) is 15.9. The number of likely N-dealkylation sites (tertiary alicyclic amines) is 1. The van der Waals surface area contributed by atoms with Gasteiger partial charge in [-0.3, -0.25) is 4.90 Å². The van der Waals surface area contributed by atoms with Crippen LogP contribution in [0, 0.1) is 6.92 Å². The first-order valence-corrected chi connectivity index (χ1v) is 6.68. The Kier molecular flexibility index (Phi) is 3.06. The van der Waals surface area contributed by atoms with Gasteiger partial charge in [0.1, 0.15) is 11.5 Å². The SMILES string of the molecule is Cc1nc(-c2nccn2C)cc(C2CCCN2C)n1. The van der Waals surface area contributed by atoms with Gasteiger partial charge in [0.05, 0.1) is 11.7 Å². The number of imidazole rings is 1. The van der Waals surface area contributed by atoms with Crippen molar-refractivity contribution >= 4 is 0 Å². The van der Waals surface area contributed by atoms with Gasteiger partial charge in [0.2, 0.25) is 0 Å². The zero-order valence-electron chi connectivity index (χ0n) is 11.7. The molecular weight excluding hydrogens is 238 g/mol. The third kappa shape index (κ3) is 2.26. The lowest BCUT2D eigenvalue weighted by molar-refractivity contribution is 0.311. The first kappa shape index (κ1) is 12.3. The quantitative estimate of drug-likeness (QED) is 0.825. The molecule has 3 heterocycles. The second-order valence-electron chi connectivity index (χ2n) is 5.23. The van der Waals surface area contributed by atoms with Crippen LogP contribution < -0.4 is 0 Å². The summed E-state index contributed by atoms with van der Waals surface area (Å²) in [5.74, 6) is 1.71. The second-order valence-corrected chi connectivity index (χ2v) is 5.23. The molecule has 3 rings (SSSR count). The Labute approximate surface area is 113 Å². The molecule has 19 heavy (non-hydrogen) atoms. The summed E-state index contributed by atoms with van der Waals surface area (Å²) in [5.41, 5.74) is 2.03. The Balaban J connectivity index is 2.03. The van der Waals surface area contributed by atoms with Crippen molar-refractivity contribution in [3.8, 4) is 11.5 Å². The maximum Gasteiger partial charge on any atom is 0.158 e. The van der Waals surface area contributed by atoms with Crippen molar-refractivity contribution in [3.63, 3.8) is 0 Å². The summed E-state index contributed by atoms with van der Waals surface area (Å²) in [6, 6.07) is 2.50. The highest BCUT2D eigenvalue weighted by Crippen LogP contribution is 2.30. The van der Waals surface area contributed by atoms with Gasteiger partial charge >= 0.3 is 0 Å². The van der Waals surface area contributed by atoms with E-state index in [0.29, 0.717) is 6.04 Å². The van der Waals surface area contributed by atoms with Crippen LogP contribution in [0.5, 0.6) is 0 Å². The maximum absolute atomic E-state index is 4.62. The lowest BCUT2D eigenvalue weighted by atomic mass is 10.1. The van der Waals surface area contributed by atoms with Crippen LogP contribution in [0.4, 0.5) is 0 Å². The number of rotatable bonds is 2. The minimum absolute atomic E-state index is 0.417. The van der Waals surface area contributed by atoms with E-state index in [-0.39, 0.29) is 0 Å². The summed E-state index contributed by atoms with van der Waals surface area (Å²) in [6.45, 7) is 3.09. The monoisotopic (exact) mass is 257 g/mol. The molecule has 2 aromatic rings. The summed E-state index contributed by atoms with van der Waals surface area (Å²) in [7, 11) is 4.15. The van der Waals surface area contributed by atoms with Gasteiger partial charge in [-0.2, -0.15) is 0 Å². The van der Waals surface area contributed by atoms with Crippen LogP contribution in [0.25, 0.3) is 11.5 Å². The fourth-order valence-corrected chi connectivity index (χ4v) is 2.77. The standard InChI is InChI=1S/C14H19N5/c1-10-16-11(13-5-4-7-18(13)2)9-12(17-10)14-15-6-8-19(14)3/h6,8-9,13H,4-5,7H2,1-3H3. The molecule has 0 N–H and O–H groups in total. The van der Waals surface area contributed by atoms with Crippen LogP contribution in [0.2, 0.25) is 0 Å². The Morgan fingerprint density at radius 1 is 1.26 bits per heavy atom. The Morgan fingerprint density at radius 2 is 2.11 bits per heavy atom. The summed E-state index contributed by atoms with van der Waals surface area (Å²) >= 11 is 0. The van der Waals surface area contributed by atoms with E-state index in [4.69, 9.17) is 0 Å². The van der Waals surface area contributed by atoms with Gasteiger partial charge in [0.15, 0.2) is 5.82 Å². The van der Waals surface area contributed by atoms with Crippen molar-refractivity contribution in [2.75, 3.05) is 13.6 Å². The molecule has 1 atom stereocenters. The average molecular weight is 257 g/mol. The fraction of sp³-hybridized carbons (Fsp3) is 0.500. The molecule has 5 nitrogen and oxygen atoms in total. The third-order valence-electron chi connectivity index (χ3n) is 3.77. The second kappa shape index (κ2) is 4.74. The summed E-state index contributed by atoms with van der Waals surface area (Å²) in [6.07, 6.45) is 6.15. The normalized spacial score (nSPS) is 20.1. The molecule has 1 aliphatic heterocycles. The molecule has 5 heteroatoms. The van der Waals surface area contributed by atoms with E-state index < -0.39 is 0 Å². The van der Waals surface area contributed by atoms with Gasteiger partial charge in [-0.05, 0) is 39.4 Å². The number of hydrogen-bond acceptors (Lipinski definition) is 4. The Bertz CT molecular complexity index is 589. The molecule has 0 aliphatic carbocycles. The van der Waals surface area contributed by atoms with Gasteiger partial charge in [0.25, 0.3) is 0 Å².